The maximum Gasteiger partial charge on any atom is 0.229 e. The van der Waals surface area contributed by atoms with Crippen molar-refractivity contribution in [2.24, 2.45) is 5.92 Å². The molecule has 4 aromatic rings. The fourth-order valence-corrected chi connectivity index (χ4v) is 4.90. The number of likely N-dealkylation sites (tertiary alicyclic amines) is 1. The Bertz CT molecular complexity index is 1200. The van der Waals surface area contributed by atoms with Gasteiger partial charge in [-0.3, -0.25) is 9.69 Å². The molecule has 1 aliphatic rings. The SMILES string of the molecule is O=C(Nc1nccs1)C1CCN(Cc2nc3ccccc3n2Cc2ccc(Cl)cc2)CC1. The molecular weight excluding hydrogens is 442 g/mol. The lowest BCUT2D eigenvalue weighted by atomic mass is 9.96. The molecular formula is C24H24ClN5OS. The van der Waals surface area contributed by atoms with E-state index in [0.717, 1.165) is 60.9 Å². The number of rotatable bonds is 6. The van der Waals surface area contributed by atoms with Crippen LogP contribution in [0.4, 0.5) is 5.13 Å². The Morgan fingerprint density at radius 3 is 2.62 bits per heavy atom. The summed E-state index contributed by atoms with van der Waals surface area (Å²) in [5.74, 6) is 1.16. The normalized spacial score (nSPS) is 15.3. The molecule has 1 saturated heterocycles. The lowest BCUT2D eigenvalue weighted by molar-refractivity contribution is -0.121. The number of nitrogens with zero attached hydrogens (tertiary/aromatic N) is 4. The first-order valence-corrected chi connectivity index (χ1v) is 12.0. The maximum absolute atomic E-state index is 12.5. The van der Waals surface area contributed by atoms with Gasteiger partial charge in [0, 0.05) is 29.1 Å². The summed E-state index contributed by atoms with van der Waals surface area (Å²) in [5, 5.41) is 6.22. The number of piperidine rings is 1. The largest absolute Gasteiger partial charge is 0.322 e. The van der Waals surface area contributed by atoms with Gasteiger partial charge in [-0.1, -0.05) is 35.9 Å². The number of carbonyl (C=O) groups excluding carboxylic acids is 1. The van der Waals surface area contributed by atoms with Gasteiger partial charge in [0.2, 0.25) is 5.91 Å². The second-order valence-corrected chi connectivity index (χ2v) is 9.44. The van der Waals surface area contributed by atoms with E-state index in [1.165, 1.54) is 16.9 Å². The molecule has 8 heteroatoms. The van der Waals surface area contributed by atoms with E-state index in [9.17, 15) is 4.79 Å². The minimum absolute atomic E-state index is 0.0306. The van der Waals surface area contributed by atoms with Crippen molar-refractivity contribution in [3.05, 3.63) is 76.5 Å². The number of para-hydroxylation sites is 2. The monoisotopic (exact) mass is 465 g/mol. The van der Waals surface area contributed by atoms with E-state index in [4.69, 9.17) is 16.6 Å². The van der Waals surface area contributed by atoms with Gasteiger partial charge in [-0.25, -0.2) is 9.97 Å². The van der Waals surface area contributed by atoms with Gasteiger partial charge in [0.25, 0.3) is 0 Å². The second-order valence-electron chi connectivity index (χ2n) is 8.11. The fourth-order valence-electron chi connectivity index (χ4n) is 4.24. The molecule has 164 valence electrons. The highest BCUT2D eigenvalue weighted by Gasteiger charge is 2.26. The van der Waals surface area contributed by atoms with Crippen LogP contribution in [0.2, 0.25) is 5.02 Å². The number of fused-ring (bicyclic) bond motifs is 1. The Kier molecular flexibility index (Phi) is 6.21. The number of anilines is 1. The number of nitrogens with one attached hydrogen (secondary N) is 1. The maximum atomic E-state index is 12.5. The van der Waals surface area contributed by atoms with Crippen molar-refractivity contribution in [2.45, 2.75) is 25.9 Å². The molecule has 6 nitrogen and oxygen atoms in total. The summed E-state index contributed by atoms with van der Waals surface area (Å²) < 4.78 is 2.29. The van der Waals surface area contributed by atoms with Crippen LogP contribution in [0.3, 0.4) is 0 Å². The molecule has 0 saturated carbocycles. The summed E-state index contributed by atoms with van der Waals surface area (Å²) >= 11 is 7.52. The molecule has 0 unspecified atom stereocenters. The number of hydrogen-bond donors (Lipinski definition) is 1. The summed E-state index contributed by atoms with van der Waals surface area (Å²) in [6.45, 7) is 3.27. The topological polar surface area (TPSA) is 63.1 Å². The van der Waals surface area contributed by atoms with E-state index in [2.05, 4.69) is 50.1 Å². The van der Waals surface area contributed by atoms with Gasteiger partial charge in [0.05, 0.1) is 17.6 Å². The van der Waals surface area contributed by atoms with Gasteiger partial charge >= 0.3 is 0 Å². The molecule has 32 heavy (non-hydrogen) atoms. The summed E-state index contributed by atoms with van der Waals surface area (Å²) in [7, 11) is 0. The average Bonchev–Trinajstić information content (AvgIpc) is 3.44. The quantitative estimate of drug-likeness (QED) is 0.433. The summed E-state index contributed by atoms with van der Waals surface area (Å²) in [4.78, 5) is 24.0. The Labute approximate surface area is 195 Å². The van der Waals surface area contributed by atoms with Crippen molar-refractivity contribution in [1.82, 2.24) is 19.4 Å². The number of thiazole rings is 1. The summed E-state index contributed by atoms with van der Waals surface area (Å²) in [5.41, 5.74) is 3.33. The van der Waals surface area contributed by atoms with Crippen LogP contribution in [0.15, 0.2) is 60.1 Å². The molecule has 1 fully saturated rings. The molecule has 5 rings (SSSR count). The van der Waals surface area contributed by atoms with Crippen LogP contribution in [-0.4, -0.2) is 38.4 Å². The van der Waals surface area contributed by atoms with E-state index in [1.807, 2.05) is 23.6 Å². The van der Waals surface area contributed by atoms with Crippen molar-refractivity contribution in [3.8, 4) is 0 Å². The smallest absolute Gasteiger partial charge is 0.229 e. The van der Waals surface area contributed by atoms with Crippen LogP contribution in [0.5, 0.6) is 0 Å². The van der Waals surface area contributed by atoms with E-state index >= 15 is 0 Å². The first kappa shape index (κ1) is 21.1. The number of halogens is 1. The van der Waals surface area contributed by atoms with Gasteiger partial charge < -0.3 is 9.88 Å². The third-order valence-electron chi connectivity index (χ3n) is 5.97. The van der Waals surface area contributed by atoms with Crippen molar-refractivity contribution in [3.63, 3.8) is 0 Å². The van der Waals surface area contributed by atoms with Gasteiger partial charge in [-0.2, -0.15) is 0 Å². The number of imidazole rings is 1. The number of aromatic nitrogens is 3. The zero-order valence-electron chi connectivity index (χ0n) is 17.6. The van der Waals surface area contributed by atoms with Crippen LogP contribution >= 0.6 is 22.9 Å². The van der Waals surface area contributed by atoms with Crippen LogP contribution in [0.25, 0.3) is 11.0 Å². The number of benzene rings is 2. The minimum Gasteiger partial charge on any atom is -0.322 e. The summed E-state index contributed by atoms with van der Waals surface area (Å²) in [6.07, 6.45) is 3.39. The van der Waals surface area contributed by atoms with Crippen LogP contribution in [-0.2, 0) is 17.9 Å². The first-order valence-electron chi connectivity index (χ1n) is 10.8. The molecule has 0 spiro atoms. The molecule has 1 N–H and O–H groups in total. The molecule has 2 aromatic heterocycles. The zero-order valence-corrected chi connectivity index (χ0v) is 19.1. The molecule has 1 aliphatic heterocycles. The number of hydrogen-bond acceptors (Lipinski definition) is 5. The van der Waals surface area contributed by atoms with Crippen LogP contribution in [0, 0.1) is 5.92 Å². The van der Waals surface area contributed by atoms with Crippen molar-refractivity contribution < 1.29 is 4.79 Å². The molecule has 0 atom stereocenters. The molecule has 2 aromatic carbocycles. The Morgan fingerprint density at radius 1 is 1.09 bits per heavy atom. The Balaban J connectivity index is 1.28. The highest BCUT2D eigenvalue weighted by atomic mass is 35.5. The first-order chi connectivity index (χ1) is 15.7. The van der Waals surface area contributed by atoms with Gasteiger partial charge in [0.1, 0.15) is 5.82 Å². The van der Waals surface area contributed by atoms with E-state index in [-0.39, 0.29) is 11.8 Å². The van der Waals surface area contributed by atoms with Crippen LogP contribution < -0.4 is 5.32 Å². The van der Waals surface area contributed by atoms with Gasteiger partial charge in [-0.15, -0.1) is 11.3 Å². The van der Waals surface area contributed by atoms with Gasteiger partial charge in [-0.05, 0) is 55.8 Å². The molecule has 0 bridgehead atoms. The van der Waals surface area contributed by atoms with Crippen molar-refractivity contribution in [2.75, 3.05) is 18.4 Å². The predicted molar refractivity (Wildman–Crippen MR) is 129 cm³/mol. The fraction of sp³-hybridized carbons (Fsp3) is 0.292. The molecule has 0 radical (unpaired) electrons. The molecule has 1 amide bonds. The highest BCUT2D eigenvalue weighted by Crippen LogP contribution is 2.24. The number of carbonyl (C=O) groups is 1. The second kappa shape index (κ2) is 9.40. The van der Waals surface area contributed by atoms with E-state index < -0.39 is 0 Å². The Morgan fingerprint density at radius 2 is 1.88 bits per heavy atom. The molecule has 0 aliphatic carbocycles. The number of amides is 1. The van der Waals surface area contributed by atoms with E-state index in [0.29, 0.717) is 5.13 Å². The van der Waals surface area contributed by atoms with Crippen molar-refractivity contribution >= 4 is 45.0 Å². The van der Waals surface area contributed by atoms with Crippen molar-refractivity contribution in [1.29, 1.82) is 0 Å². The third-order valence-corrected chi connectivity index (χ3v) is 6.91. The summed E-state index contributed by atoms with van der Waals surface area (Å²) in [6, 6.07) is 16.2. The van der Waals surface area contributed by atoms with E-state index in [1.54, 1.807) is 6.20 Å². The lowest BCUT2D eigenvalue weighted by Gasteiger charge is -2.31. The van der Waals surface area contributed by atoms with Crippen LogP contribution in [0.1, 0.15) is 24.2 Å². The highest BCUT2D eigenvalue weighted by molar-refractivity contribution is 7.13. The molecule has 3 heterocycles. The van der Waals surface area contributed by atoms with Gasteiger partial charge in [0.15, 0.2) is 5.13 Å². The standard InChI is InChI=1S/C24H24ClN5OS/c25-19-7-5-17(6-8-19)15-30-21-4-2-1-3-20(21)27-22(30)16-29-12-9-18(10-13-29)23(31)28-24-26-11-14-32-24/h1-8,11,14,18H,9-10,12-13,15-16H2,(H,26,28,31). The Hall–Kier alpha value is -2.74. The minimum atomic E-state index is 0.0306. The predicted octanol–water partition coefficient (Wildman–Crippen LogP) is 5.05. The zero-order chi connectivity index (χ0) is 21.9. The third kappa shape index (κ3) is 4.70. The average molecular weight is 466 g/mol. The lowest BCUT2D eigenvalue weighted by Crippen LogP contribution is -2.38.